The van der Waals surface area contributed by atoms with Gasteiger partial charge in [-0.05, 0) is 80.9 Å². The maximum Gasteiger partial charge on any atom is 0.407 e. The molecule has 1 aliphatic carbocycles. The summed E-state index contributed by atoms with van der Waals surface area (Å²) in [5.41, 5.74) is 5.31. The molecule has 0 radical (unpaired) electrons. The summed E-state index contributed by atoms with van der Waals surface area (Å²) in [5.74, 6) is 0.579. The molecule has 1 aromatic heterocycles. The third kappa shape index (κ3) is 9.99. The highest BCUT2D eigenvalue weighted by Crippen LogP contribution is 2.47. The van der Waals surface area contributed by atoms with E-state index in [1.807, 2.05) is 20.8 Å². The molecule has 2 aromatic rings. The van der Waals surface area contributed by atoms with Crippen LogP contribution in [0.4, 0.5) is 4.79 Å². The van der Waals surface area contributed by atoms with Gasteiger partial charge in [-0.25, -0.2) is 9.78 Å². The maximum atomic E-state index is 11.8. The number of aliphatic hydroxyl groups excluding tert-OH is 1. The second-order valence-electron chi connectivity index (χ2n) is 13.2. The lowest BCUT2D eigenvalue weighted by atomic mass is 9.63. The van der Waals surface area contributed by atoms with Crippen molar-refractivity contribution < 1.29 is 19.4 Å². The Labute approximate surface area is 246 Å². The van der Waals surface area contributed by atoms with Crippen molar-refractivity contribution in [2.24, 2.45) is 0 Å². The number of carbonyl (C=O) groups is 2. The molecule has 7 heteroatoms. The van der Waals surface area contributed by atoms with Crippen LogP contribution in [0.25, 0.3) is 11.3 Å². The average Bonchev–Trinajstić information content (AvgIpc) is 3.36. The van der Waals surface area contributed by atoms with Gasteiger partial charge in [-0.2, -0.15) is 0 Å². The molecule has 0 spiro atoms. The minimum absolute atomic E-state index is 0.0399. The summed E-state index contributed by atoms with van der Waals surface area (Å²) in [6, 6.07) is 6.97. The molecule has 1 aliphatic rings. The normalized spacial score (nSPS) is 16.2. The Morgan fingerprint density at radius 1 is 1.07 bits per heavy atom. The van der Waals surface area contributed by atoms with Crippen molar-refractivity contribution >= 4 is 23.2 Å². The van der Waals surface area contributed by atoms with Crippen LogP contribution in [0, 0.1) is 0 Å². The zero-order valence-electron chi connectivity index (χ0n) is 26.3. The molecule has 0 bridgehead atoms. The SMILES string of the molecule is CCCC(CCCC(=O)CCO)c1nc(-c2ccc3c(c2)C(C)(C)CCC3(C)C)cs1.CNC(=O)OC(C)(C)C. The van der Waals surface area contributed by atoms with Crippen molar-refractivity contribution in [1.29, 1.82) is 0 Å². The first-order chi connectivity index (χ1) is 18.6. The van der Waals surface area contributed by atoms with Gasteiger partial charge in [0.25, 0.3) is 0 Å². The van der Waals surface area contributed by atoms with Gasteiger partial charge >= 0.3 is 6.09 Å². The van der Waals surface area contributed by atoms with Gasteiger partial charge in [0.15, 0.2) is 0 Å². The molecular weight excluding hydrogens is 520 g/mol. The summed E-state index contributed by atoms with van der Waals surface area (Å²) >= 11 is 1.76. The van der Waals surface area contributed by atoms with Gasteiger partial charge in [0.2, 0.25) is 0 Å². The lowest BCUT2D eigenvalue weighted by molar-refractivity contribution is -0.119. The number of nitrogens with one attached hydrogen (secondary N) is 1. The second-order valence-corrected chi connectivity index (χ2v) is 14.1. The number of aliphatic hydroxyl groups is 1. The molecule has 224 valence electrons. The van der Waals surface area contributed by atoms with E-state index in [-0.39, 0.29) is 41.3 Å². The standard InChI is InChI=1S/C27H39NO2S.C6H13NO2/c1-6-8-19(9-7-10-21(30)13-16-29)25-28-24(18-31-25)20-11-12-22-23(17-20)27(4,5)15-14-26(22,2)3;1-6(2,3)9-5(8)7-4/h11-12,17-19,29H,6-10,13-16H2,1-5H3;1-4H3,(H,7,8). The molecule has 0 fully saturated rings. The monoisotopic (exact) mass is 572 g/mol. The van der Waals surface area contributed by atoms with E-state index in [1.165, 1.54) is 41.6 Å². The van der Waals surface area contributed by atoms with Gasteiger partial charge in [-0.1, -0.05) is 53.2 Å². The van der Waals surface area contributed by atoms with E-state index in [4.69, 9.17) is 14.8 Å². The second kappa shape index (κ2) is 14.6. The third-order valence-electron chi connectivity index (χ3n) is 7.66. The molecule has 0 aliphatic heterocycles. The number of carbonyl (C=O) groups excluding carboxylic acids is 2. The average molecular weight is 573 g/mol. The zero-order chi connectivity index (χ0) is 30.1. The van der Waals surface area contributed by atoms with Crippen molar-refractivity contribution in [2.45, 2.75) is 129 Å². The highest BCUT2D eigenvalue weighted by Gasteiger charge is 2.37. The van der Waals surface area contributed by atoms with Gasteiger partial charge in [-0.15, -0.1) is 11.3 Å². The van der Waals surface area contributed by atoms with Gasteiger partial charge in [0.05, 0.1) is 10.7 Å². The molecule has 0 saturated carbocycles. The Hall–Kier alpha value is -2.25. The Morgan fingerprint density at radius 2 is 1.73 bits per heavy atom. The van der Waals surface area contributed by atoms with Gasteiger partial charge < -0.3 is 15.2 Å². The summed E-state index contributed by atoms with van der Waals surface area (Å²) in [6.07, 6.45) is 6.99. The number of rotatable bonds is 10. The first-order valence-electron chi connectivity index (χ1n) is 14.8. The van der Waals surface area contributed by atoms with Crippen LogP contribution in [0.1, 0.15) is 129 Å². The molecule has 3 rings (SSSR count). The number of aromatic nitrogens is 1. The summed E-state index contributed by atoms with van der Waals surface area (Å²) in [7, 11) is 1.54. The fraction of sp³-hybridized carbons (Fsp3) is 0.667. The summed E-state index contributed by atoms with van der Waals surface area (Å²) in [4.78, 5) is 27.3. The quantitative estimate of drug-likeness (QED) is 0.299. The smallest absolute Gasteiger partial charge is 0.407 e. The molecule has 40 heavy (non-hydrogen) atoms. The van der Waals surface area contributed by atoms with E-state index in [0.29, 0.717) is 12.3 Å². The van der Waals surface area contributed by atoms with Gasteiger partial charge in [0, 0.05) is 43.4 Å². The predicted molar refractivity (Wildman–Crippen MR) is 166 cm³/mol. The van der Waals surface area contributed by atoms with Crippen LogP contribution in [0.15, 0.2) is 23.6 Å². The number of ether oxygens (including phenoxy) is 1. The van der Waals surface area contributed by atoms with E-state index in [1.54, 1.807) is 11.3 Å². The lowest BCUT2D eigenvalue weighted by Gasteiger charge is -2.42. The van der Waals surface area contributed by atoms with Crippen LogP contribution in [-0.4, -0.2) is 41.2 Å². The molecule has 1 heterocycles. The van der Waals surface area contributed by atoms with Crippen molar-refractivity contribution in [3.63, 3.8) is 0 Å². The van der Waals surface area contributed by atoms with Crippen LogP contribution in [-0.2, 0) is 20.4 Å². The first-order valence-corrected chi connectivity index (χ1v) is 15.7. The molecule has 2 N–H and O–H groups in total. The minimum atomic E-state index is -0.389. The first kappa shape index (κ1) is 34.0. The number of fused-ring (bicyclic) bond motifs is 1. The summed E-state index contributed by atoms with van der Waals surface area (Å²) in [5, 5.41) is 14.7. The molecule has 1 atom stereocenters. The number of hydrogen-bond acceptors (Lipinski definition) is 6. The fourth-order valence-corrected chi connectivity index (χ4v) is 6.22. The van der Waals surface area contributed by atoms with Crippen molar-refractivity contribution in [3.8, 4) is 11.3 Å². The van der Waals surface area contributed by atoms with Gasteiger partial charge in [0.1, 0.15) is 11.4 Å². The van der Waals surface area contributed by atoms with Crippen LogP contribution in [0.5, 0.6) is 0 Å². The Kier molecular flexibility index (Phi) is 12.4. The Bertz CT molecular complexity index is 1110. The maximum absolute atomic E-state index is 11.8. The van der Waals surface area contributed by atoms with Crippen LogP contribution < -0.4 is 5.32 Å². The number of nitrogens with zero attached hydrogens (tertiary/aromatic N) is 1. The highest BCUT2D eigenvalue weighted by molar-refractivity contribution is 7.10. The zero-order valence-corrected chi connectivity index (χ0v) is 27.1. The molecule has 1 amide bonds. The number of alkyl carbamates (subject to hydrolysis) is 1. The third-order valence-corrected chi connectivity index (χ3v) is 8.67. The Balaban J connectivity index is 0.000000536. The molecule has 1 unspecified atom stereocenters. The van der Waals surface area contributed by atoms with Crippen LogP contribution >= 0.6 is 11.3 Å². The van der Waals surface area contributed by atoms with E-state index < -0.39 is 0 Å². The van der Waals surface area contributed by atoms with E-state index in [9.17, 15) is 9.59 Å². The molecular formula is C33H52N2O4S. The van der Waals surface area contributed by atoms with Crippen LogP contribution in [0.2, 0.25) is 0 Å². The summed E-state index contributed by atoms with van der Waals surface area (Å²) < 4.78 is 4.84. The number of thiazole rings is 1. The topological polar surface area (TPSA) is 88.5 Å². The van der Waals surface area contributed by atoms with Gasteiger partial charge in [-0.3, -0.25) is 4.79 Å². The summed E-state index contributed by atoms with van der Waals surface area (Å²) in [6.45, 7) is 17.1. The molecule has 6 nitrogen and oxygen atoms in total. The predicted octanol–water partition coefficient (Wildman–Crippen LogP) is 8.31. The fourth-order valence-electron chi connectivity index (χ4n) is 5.22. The molecule has 0 saturated heterocycles. The van der Waals surface area contributed by atoms with Crippen molar-refractivity contribution in [3.05, 3.63) is 39.7 Å². The number of benzene rings is 1. The van der Waals surface area contributed by atoms with Crippen molar-refractivity contribution in [1.82, 2.24) is 10.3 Å². The number of amides is 1. The largest absolute Gasteiger partial charge is 0.444 e. The van der Waals surface area contributed by atoms with E-state index in [2.05, 4.69) is 63.5 Å². The Morgan fingerprint density at radius 3 is 2.27 bits per heavy atom. The lowest BCUT2D eigenvalue weighted by Crippen LogP contribution is -2.33. The van der Waals surface area contributed by atoms with E-state index >= 15 is 0 Å². The van der Waals surface area contributed by atoms with Crippen molar-refractivity contribution in [2.75, 3.05) is 13.7 Å². The highest BCUT2D eigenvalue weighted by atomic mass is 32.1. The van der Waals surface area contributed by atoms with Crippen LogP contribution in [0.3, 0.4) is 0 Å². The minimum Gasteiger partial charge on any atom is -0.444 e. The number of hydrogen-bond donors (Lipinski definition) is 2. The molecule has 1 aromatic carbocycles. The van der Waals surface area contributed by atoms with E-state index in [0.717, 1.165) is 31.4 Å². The number of ketones is 1. The number of Topliss-reactive ketones (excluding diaryl/α,β-unsaturated/α-hetero) is 1.